The highest BCUT2D eigenvalue weighted by Crippen LogP contribution is 2.30. The molecule has 2 radical (unpaired) electrons. The summed E-state index contributed by atoms with van der Waals surface area (Å²) in [6, 6.07) is -0.679. The first kappa shape index (κ1) is 9.99. The third-order valence-corrected chi connectivity index (χ3v) is 2.25. The van der Waals surface area contributed by atoms with Gasteiger partial charge in [0.2, 0.25) is 0 Å². The SMILES string of the molecule is [B][C@@H]1O[C@@](C)(CO)[C@H](O)[C@@H]1OC. The van der Waals surface area contributed by atoms with Crippen molar-refractivity contribution in [1.29, 1.82) is 0 Å². The van der Waals surface area contributed by atoms with Crippen molar-refractivity contribution in [1.82, 2.24) is 0 Å². The zero-order valence-corrected chi connectivity index (χ0v) is 7.23. The topological polar surface area (TPSA) is 58.9 Å². The van der Waals surface area contributed by atoms with E-state index in [-0.39, 0.29) is 6.61 Å². The first-order chi connectivity index (χ1) is 5.55. The van der Waals surface area contributed by atoms with E-state index in [9.17, 15) is 5.11 Å². The van der Waals surface area contributed by atoms with Gasteiger partial charge >= 0.3 is 0 Å². The van der Waals surface area contributed by atoms with Crippen LogP contribution in [-0.2, 0) is 9.47 Å². The van der Waals surface area contributed by atoms with Gasteiger partial charge in [0.1, 0.15) is 25.7 Å². The lowest BCUT2D eigenvalue weighted by molar-refractivity contribution is -0.0876. The van der Waals surface area contributed by atoms with Crippen LogP contribution in [0.3, 0.4) is 0 Å². The minimum Gasteiger partial charge on any atom is -0.393 e. The number of aliphatic hydroxyl groups excluding tert-OH is 2. The monoisotopic (exact) mass is 172 g/mol. The van der Waals surface area contributed by atoms with Crippen molar-refractivity contribution >= 4 is 7.85 Å². The zero-order chi connectivity index (χ0) is 9.35. The summed E-state index contributed by atoms with van der Waals surface area (Å²) < 4.78 is 10.1. The van der Waals surface area contributed by atoms with E-state index in [2.05, 4.69) is 0 Å². The molecule has 5 heteroatoms. The van der Waals surface area contributed by atoms with E-state index in [4.69, 9.17) is 22.4 Å². The molecule has 1 heterocycles. The molecule has 0 aromatic heterocycles. The minimum atomic E-state index is -1.000. The smallest absolute Gasteiger partial charge is 0.116 e. The van der Waals surface area contributed by atoms with Gasteiger partial charge in [-0.3, -0.25) is 0 Å². The van der Waals surface area contributed by atoms with Gasteiger partial charge in [-0.15, -0.1) is 0 Å². The molecule has 0 unspecified atom stereocenters. The lowest BCUT2D eigenvalue weighted by Gasteiger charge is -2.25. The van der Waals surface area contributed by atoms with Crippen molar-refractivity contribution in [2.45, 2.75) is 30.7 Å². The van der Waals surface area contributed by atoms with Gasteiger partial charge in [-0.25, -0.2) is 0 Å². The number of hydrogen-bond acceptors (Lipinski definition) is 4. The molecule has 1 fully saturated rings. The Bertz CT molecular complexity index is 165. The highest BCUT2D eigenvalue weighted by molar-refractivity contribution is 6.11. The lowest BCUT2D eigenvalue weighted by atomic mass is 9.90. The van der Waals surface area contributed by atoms with Crippen molar-refractivity contribution in [3.63, 3.8) is 0 Å². The Hall–Kier alpha value is -0.0951. The third-order valence-electron chi connectivity index (χ3n) is 2.25. The van der Waals surface area contributed by atoms with Crippen LogP contribution in [0.1, 0.15) is 6.92 Å². The van der Waals surface area contributed by atoms with Gasteiger partial charge in [-0.05, 0) is 6.92 Å². The molecule has 0 aliphatic carbocycles. The molecule has 4 atom stereocenters. The summed E-state index contributed by atoms with van der Waals surface area (Å²) in [5, 5.41) is 18.5. The van der Waals surface area contributed by atoms with E-state index >= 15 is 0 Å². The van der Waals surface area contributed by atoms with E-state index in [0.29, 0.717) is 0 Å². The molecular formula is C7H13BO4. The molecule has 1 rings (SSSR count). The van der Waals surface area contributed by atoms with E-state index in [1.54, 1.807) is 6.92 Å². The van der Waals surface area contributed by atoms with Crippen molar-refractivity contribution in [3.8, 4) is 0 Å². The maximum Gasteiger partial charge on any atom is 0.116 e. The van der Waals surface area contributed by atoms with E-state index in [0.717, 1.165) is 0 Å². The van der Waals surface area contributed by atoms with E-state index < -0.39 is 23.8 Å². The number of aliphatic hydroxyl groups is 2. The summed E-state index contributed by atoms with van der Waals surface area (Å²) >= 11 is 0. The molecule has 2 N–H and O–H groups in total. The van der Waals surface area contributed by atoms with Crippen LogP contribution in [-0.4, -0.2) is 55.6 Å². The van der Waals surface area contributed by atoms with E-state index in [1.807, 2.05) is 0 Å². The number of hydrogen-bond donors (Lipinski definition) is 2. The molecule has 12 heavy (non-hydrogen) atoms. The van der Waals surface area contributed by atoms with Crippen LogP contribution in [0.25, 0.3) is 0 Å². The van der Waals surface area contributed by atoms with Crippen molar-refractivity contribution in [2.24, 2.45) is 0 Å². The number of rotatable bonds is 2. The number of methoxy groups -OCH3 is 1. The Morgan fingerprint density at radius 1 is 1.67 bits per heavy atom. The minimum absolute atomic E-state index is 0.276. The fourth-order valence-corrected chi connectivity index (χ4v) is 1.37. The van der Waals surface area contributed by atoms with Gasteiger partial charge < -0.3 is 19.7 Å². The second kappa shape index (κ2) is 3.34. The maximum absolute atomic E-state index is 9.59. The van der Waals surface area contributed by atoms with Crippen LogP contribution in [0.2, 0.25) is 0 Å². The lowest BCUT2D eigenvalue weighted by Crippen LogP contribution is -2.44. The highest BCUT2D eigenvalue weighted by Gasteiger charge is 2.49. The predicted octanol–water partition coefficient (Wildman–Crippen LogP) is -1.36. The molecule has 1 saturated heterocycles. The average molecular weight is 172 g/mol. The highest BCUT2D eigenvalue weighted by atomic mass is 16.6. The van der Waals surface area contributed by atoms with Crippen LogP contribution in [0, 0.1) is 0 Å². The fourth-order valence-electron chi connectivity index (χ4n) is 1.37. The molecule has 0 bridgehead atoms. The first-order valence-electron chi connectivity index (χ1n) is 3.80. The summed E-state index contributed by atoms with van der Waals surface area (Å²) in [7, 11) is 6.96. The molecule has 0 aromatic carbocycles. The largest absolute Gasteiger partial charge is 0.393 e. The number of ether oxygens (including phenoxy) is 2. The van der Waals surface area contributed by atoms with Crippen molar-refractivity contribution in [3.05, 3.63) is 0 Å². The molecule has 68 valence electrons. The normalized spacial score (nSPS) is 48.2. The summed E-state index contributed by atoms with van der Waals surface area (Å²) in [5.41, 5.74) is -1.000. The van der Waals surface area contributed by atoms with E-state index in [1.165, 1.54) is 7.11 Å². The third kappa shape index (κ3) is 1.37. The van der Waals surface area contributed by atoms with Gasteiger partial charge in [-0.2, -0.15) is 0 Å². The Morgan fingerprint density at radius 3 is 2.50 bits per heavy atom. The first-order valence-corrected chi connectivity index (χ1v) is 3.80. The van der Waals surface area contributed by atoms with Crippen LogP contribution >= 0.6 is 0 Å². The summed E-state index contributed by atoms with van der Waals surface area (Å²) in [6.07, 6.45) is -1.45. The Labute approximate surface area is 72.9 Å². The summed E-state index contributed by atoms with van der Waals surface area (Å²) in [6.45, 7) is 1.32. The van der Waals surface area contributed by atoms with Crippen LogP contribution in [0.4, 0.5) is 0 Å². The second-order valence-electron chi connectivity index (χ2n) is 3.20. The zero-order valence-electron chi connectivity index (χ0n) is 7.23. The maximum atomic E-state index is 9.59. The van der Waals surface area contributed by atoms with Gasteiger partial charge in [0.25, 0.3) is 0 Å². The molecule has 0 saturated carbocycles. The van der Waals surface area contributed by atoms with Crippen LogP contribution in [0.15, 0.2) is 0 Å². The van der Waals surface area contributed by atoms with Crippen molar-refractivity contribution in [2.75, 3.05) is 13.7 Å². The summed E-state index contributed by atoms with van der Waals surface area (Å²) in [5.74, 6) is 0. The Kier molecular flexibility index (Phi) is 2.78. The van der Waals surface area contributed by atoms with Gasteiger partial charge in [-0.1, -0.05) is 0 Å². The van der Waals surface area contributed by atoms with Gasteiger partial charge in [0.15, 0.2) is 0 Å². The average Bonchev–Trinajstić information content (AvgIpc) is 2.25. The molecule has 4 nitrogen and oxygen atoms in total. The fraction of sp³-hybridized carbons (Fsp3) is 1.00. The van der Waals surface area contributed by atoms with Gasteiger partial charge in [0, 0.05) is 13.1 Å². The molecule has 0 spiro atoms. The van der Waals surface area contributed by atoms with Crippen LogP contribution in [0.5, 0.6) is 0 Å². The van der Waals surface area contributed by atoms with Crippen LogP contribution < -0.4 is 0 Å². The Balaban J connectivity index is 2.74. The molecule has 1 aliphatic heterocycles. The molecular weight excluding hydrogens is 159 g/mol. The second-order valence-corrected chi connectivity index (χ2v) is 3.20. The summed E-state index contributed by atoms with van der Waals surface area (Å²) in [4.78, 5) is 0. The van der Waals surface area contributed by atoms with Gasteiger partial charge in [0.05, 0.1) is 6.61 Å². The Morgan fingerprint density at radius 2 is 2.25 bits per heavy atom. The molecule has 1 aliphatic rings. The van der Waals surface area contributed by atoms with Crippen molar-refractivity contribution < 1.29 is 19.7 Å². The standard InChI is InChI=1S/C7H13BO4/c1-7(3-9)5(10)4(11-2)6(8)12-7/h4-6,9-10H,3H2,1-2H3/t4-,5+,6+,7-/m0/s1. The predicted molar refractivity (Wildman–Crippen MR) is 42.9 cm³/mol. The molecule has 0 aromatic rings. The quantitative estimate of drug-likeness (QED) is 0.505. The molecule has 0 amide bonds.